The van der Waals surface area contributed by atoms with E-state index in [0.29, 0.717) is 5.92 Å². The Hall–Kier alpha value is -2.46. The lowest BCUT2D eigenvalue weighted by Gasteiger charge is -2.32. The molecule has 1 unspecified atom stereocenters. The number of nitrogens with one attached hydrogen (secondary N) is 1. The van der Waals surface area contributed by atoms with Crippen molar-refractivity contribution in [3.63, 3.8) is 0 Å². The molecule has 4 rings (SSSR count). The number of imidazole rings is 1. The smallest absolute Gasteiger partial charge is 0.120 e. The van der Waals surface area contributed by atoms with Gasteiger partial charge in [-0.15, -0.1) is 0 Å². The molecule has 27 heavy (non-hydrogen) atoms. The third-order valence-corrected chi connectivity index (χ3v) is 5.38. The zero-order chi connectivity index (χ0) is 18.6. The van der Waals surface area contributed by atoms with E-state index in [1.165, 1.54) is 35.2 Å². The minimum atomic E-state index is 0.505. The van der Waals surface area contributed by atoms with Crippen LogP contribution < -0.4 is 0 Å². The van der Waals surface area contributed by atoms with Gasteiger partial charge in [0.1, 0.15) is 5.82 Å². The zero-order valence-electron chi connectivity index (χ0n) is 16.3. The van der Waals surface area contributed by atoms with Gasteiger partial charge in [0.05, 0.1) is 6.54 Å². The van der Waals surface area contributed by atoms with Gasteiger partial charge in [-0.2, -0.15) is 0 Å². The Bertz CT molecular complexity index is 885. The van der Waals surface area contributed by atoms with Crippen molar-refractivity contribution in [1.29, 1.82) is 0 Å². The molecule has 1 atom stereocenters. The van der Waals surface area contributed by atoms with Crippen molar-refractivity contribution >= 4 is 0 Å². The number of hydrogen-bond acceptors (Lipinski definition) is 3. The molecule has 1 aliphatic heterocycles. The molecule has 1 aliphatic rings. The normalized spacial score (nSPS) is 17.9. The highest BCUT2D eigenvalue weighted by Gasteiger charge is 2.23. The van der Waals surface area contributed by atoms with Crippen molar-refractivity contribution in [3.05, 3.63) is 82.7 Å². The van der Waals surface area contributed by atoms with Crippen LogP contribution in [0.4, 0.5) is 0 Å². The molecule has 1 aromatic carbocycles. The van der Waals surface area contributed by atoms with Crippen LogP contribution in [0.3, 0.4) is 0 Å². The summed E-state index contributed by atoms with van der Waals surface area (Å²) in [5, 5.41) is 0. The molecular formula is C23H28N4. The maximum absolute atomic E-state index is 4.90. The fraction of sp³-hybridized carbons (Fsp3) is 0.391. The molecule has 1 saturated heterocycles. The number of pyridine rings is 1. The monoisotopic (exact) mass is 360 g/mol. The minimum absolute atomic E-state index is 0.505. The van der Waals surface area contributed by atoms with Crippen LogP contribution in [0.2, 0.25) is 0 Å². The first-order valence-corrected chi connectivity index (χ1v) is 9.89. The summed E-state index contributed by atoms with van der Waals surface area (Å²) in [5.41, 5.74) is 6.43. The van der Waals surface area contributed by atoms with E-state index in [-0.39, 0.29) is 0 Å². The molecule has 3 aromatic rings. The first-order chi connectivity index (χ1) is 13.2. The lowest BCUT2D eigenvalue weighted by Crippen LogP contribution is -2.34. The van der Waals surface area contributed by atoms with Gasteiger partial charge in [-0.1, -0.05) is 29.8 Å². The van der Waals surface area contributed by atoms with Gasteiger partial charge in [0.25, 0.3) is 0 Å². The molecule has 3 heterocycles. The SMILES string of the molecule is Cc1cccc(Cc2cc(C)nc(C3CCCN(Cc4ncc[nH]4)C3)c2)c1. The van der Waals surface area contributed by atoms with E-state index in [1.807, 2.05) is 12.4 Å². The first-order valence-electron chi connectivity index (χ1n) is 9.89. The number of aryl methyl sites for hydroxylation is 2. The molecule has 4 heteroatoms. The van der Waals surface area contributed by atoms with Crippen molar-refractivity contribution in [2.24, 2.45) is 0 Å². The van der Waals surface area contributed by atoms with Gasteiger partial charge in [-0.3, -0.25) is 9.88 Å². The zero-order valence-corrected chi connectivity index (χ0v) is 16.3. The van der Waals surface area contributed by atoms with Gasteiger partial charge >= 0.3 is 0 Å². The van der Waals surface area contributed by atoms with Crippen LogP contribution in [0.25, 0.3) is 0 Å². The Labute approximate surface area is 161 Å². The standard InChI is InChI=1S/C23H28N4/c1-17-5-3-6-19(11-17)13-20-12-18(2)26-22(14-20)21-7-4-10-27(15-21)16-23-24-8-9-25-23/h3,5-6,8-9,11-12,14,21H,4,7,10,13,15-16H2,1-2H3,(H,24,25). The van der Waals surface area contributed by atoms with E-state index in [0.717, 1.165) is 37.6 Å². The molecule has 140 valence electrons. The number of nitrogens with zero attached hydrogens (tertiary/aromatic N) is 3. The quantitative estimate of drug-likeness (QED) is 0.734. The summed E-state index contributed by atoms with van der Waals surface area (Å²) in [4.78, 5) is 15.0. The average Bonchev–Trinajstić information content (AvgIpc) is 3.14. The molecule has 1 fully saturated rings. The third kappa shape index (κ3) is 4.64. The predicted molar refractivity (Wildman–Crippen MR) is 109 cm³/mol. The van der Waals surface area contributed by atoms with E-state index >= 15 is 0 Å². The second kappa shape index (κ2) is 8.05. The minimum Gasteiger partial charge on any atom is -0.348 e. The number of hydrogen-bond donors (Lipinski definition) is 1. The third-order valence-electron chi connectivity index (χ3n) is 5.38. The molecule has 0 bridgehead atoms. The van der Waals surface area contributed by atoms with Gasteiger partial charge in [0.15, 0.2) is 0 Å². The molecule has 0 amide bonds. The van der Waals surface area contributed by atoms with E-state index in [1.54, 1.807) is 0 Å². The van der Waals surface area contributed by atoms with E-state index in [9.17, 15) is 0 Å². The van der Waals surface area contributed by atoms with Crippen LogP contribution in [0.1, 0.15) is 52.7 Å². The van der Waals surface area contributed by atoms with E-state index < -0.39 is 0 Å². The highest BCUT2D eigenvalue weighted by molar-refractivity contribution is 5.31. The van der Waals surface area contributed by atoms with Gasteiger partial charge in [0, 0.05) is 36.2 Å². The highest BCUT2D eigenvalue weighted by atomic mass is 15.2. The van der Waals surface area contributed by atoms with Gasteiger partial charge in [0.2, 0.25) is 0 Å². The summed E-state index contributed by atoms with van der Waals surface area (Å²) < 4.78 is 0. The summed E-state index contributed by atoms with van der Waals surface area (Å²) in [7, 11) is 0. The average molecular weight is 361 g/mol. The lowest BCUT2D eigenvalue weighted by molar-refractivity contribution is 0.194. The molecule has 0 radical (unpaired) electrons. The molecule has 1 N–H and O–H groups in total. The summed E-state index contributed by atoms with van der Waals surface area (Å²) in [5.74, 6) is 1.55. The first kappa shape index (κ1) is 17.9. The molecular weight excluding hydrogens is 332 g/mol. The lowest BCUT2D eigenvalue weighted by atomic mass is 9.92. The van der Waals surface area contributed by atoms with Crippen LogP contribution in [-0.4, -0.2) is 32.9 Å². The second-order valence-electron chi connectivity index (χ2n) is 7.82. The number of H-pyrrole nitrogens is 1. The predicted octanol–water partition coefficient (Wildman–Crippen LogP) is 4.39. The topological polar surface area (TPSA) is 44.8 Å². The Balaban J connectivity index is 1.50. The Morgan fingerprint density at radius 1 is 1.15 bits per heavy atom. The number of benzene rings is 1. The van der Waals surface area contributed by atoms with E-state index in [4.69, 9.17) is 4.98 Å². The maximum Gasteiger partial charge on any atom is 0.120 e. The summed E-state index contributed by atoms with van der Waals surface area (Å²) in [6, 6.07) is 13.4. The van der Waals surface area contributed by atoms with Crippen molar-refractivity contribution in [2.75, 3.05) is 13.1 Å². The highest BCUT2D eigenvalue weighted by Crippen LogP contribution is 2.28. The fourth-order valence-electron chi connectivity index (χ4n) is 4.17. The Morgan fingerprint density at radius 3 is 2.89 bits per heavy atom. The summed E-state index contributed by atoms with van der Waals surface area (Å²) in [6.07, 6.45) is 7.14. The molecule has 0 spiro atoms. The van der Waals surface area contributed by atoms with Crippen molar-refractivity contribution in [1.82, 2.24) is 19.9 Å². The molecule has 0 aliphatic carbocycles. The molecule has 4 nitrogen and oxygen atoms in total. The van der Waals surface area contributed by atoms with Crippen molar-refractivity contribution in [2.45, 2.75) is 45.6 Å². The van der Waals surface area contributed by atoms with Gasteiger partial charge in [-0.25, -0.2) is 4.98 Å². The largest absolute Gasteiger partial charge is 0.348 e. The van der Waals surface area contributed by atoms with Gasteiger partial charge in [-0.05, 0) is 62.9 Å². The second-order valence-corrected chi connectivity index (χ2v) is 7.82. The fourth-order valence-corrected chi connectivity index (χ4v) is 4.17. The Kier molecular flexibility index (Phi) is 5.35. The molecule has 0 saturated carbocycles. The number of rotatable bonds is 5. The Morgan fingerprint density at radius 2 is 2.07 bits per heavy atom. The maximum atomic E-state index is 4.90. The van der Waals surface area contributed by atoms with E-state index in [2.05, 4.69) is 65.1 Å². The van der Waals surface area contributed by atoms with Crippen LogP contribution in [0.5, 0.6) is 0 Å². The van der Waals surface area contributed by atoms with Crippen molar-refractivity contribution < 1.29 is 0 Å². The number of piperidine rings is 1. The number of aromatic nitrogens is 3. The summed E-state index contributed by atoms with van der Waals surface area (Å²) >= 11 is 0. The van der Waals surface area contributed by atoms with Crippen LogP contribution >= 0.6 is 0 Å². The van der Waals surface area contributed by atoms with Crippen molar-refractivity contribution in [3.8, 4) is 0 Å². The number of aromatic amines is 1. The summed E-state index contributed by atoms with van der Waals surface area (Å²) in [6.45, 7) is 7.36. The molecule has 2 aromatic heterocycles. The van der Waals surface area contributed by atoms with Gasteiger partial charge < -0.3 is 4.98 Å². The van der Waals surface area contributed by atoms with Crippen LogP contribution in [0, 0.1) is 13.8 Å². The van der Waals surface area contributed by atoms with Crippen LogP contribution in [-0.2, 0) is 13.0 Å². The van der Waals surface area contributed by atoms with Crippen LogP contribution in [0.15, 0.2) is 48.8 Å². The number of likely N-dealkylation sites (tertiary alicyclic amines) is 1.